The number of esters is 2. The molecule has 620 valence electrons. The van der Waals surface area contributed by atoms with Gasteiger partial charge in [-0.2, -0.15) is 0 Å². The van der Waals surface area contributed by atoms with Crippen molar-refractivity contribution in [3.05, 3.63) is 73.1 Å². The van der Waals surface area contributed by atoms with Crippen LogP contribution < -0.4 is 38.2 Å². The van der Waals surface area contributed by atoms with Gasteiger partial charge in [0.25, 0.3) is 0 Å². The lowest BCUT2D eigenvalue weighted by molar-refractivity contribution is -0.160. The highest BCUT2D eigenvalue weighted by Gasteiger charge is 2.64. The zero-order chi connectivity index (χ0) is 81.7. The molecule has 2 aromatic carbocycles. The van der Waals surface area contributed by atoms with Crippen molar-refractivity contribution in [3.8, 4) is 23.3 Å². The van der Waals surface area contributed by atoms with E-state index in [2.05, 4.69) is 43.1 Å². The molecule has 0 bridgehead atoms. The van der Waals surface area contributed by atoms with Crippen molar-refractivity contribution in [1.29, 1.82) is 0 Å². The number of nitrogens with zero attached hydrogens (tertiary/aromatic N) is 6. The maximum atomic E-state index is 15.1. The van der Waals surface area contributed by atoms with Gasteiger partial charge in [-0.05, 0) is 190 Å². The molecule has 28 heteroatoms. The van der Waals surface area contributed by atoms with Crippen LogP contribution in [0.4, 0.5) is 11.4 Å². The van der Waals surface area contributed by atoms with Gasteiger partial charge in [-0.3, -0.25) is 47.8 Å². The van der Waals surface area contributed by atoms with E-state index < -0.39 is 112 Å². The van der Waals surface area contributed by atoms with E-state index in [9.17, 15) is 45.6 Å². The van der Waals surface area contributed by atoms with E-state index in [0.717, 1.165) is 83.2 Å². The Bertz CT molecular complexity index is 4370. The minimum absolute atomic E-state index is 0.0624. The summed E-state index contributed by atoms with van der Waals surface area (Å²) >= 11 is 0. The molecule has 0 radical (unpaired) electrons. The molecule has 4 amide bonds. The summed E-state index contributed by atoms with van der Waals surface area (Å²) in [5.74, 6) is -3.47. The fourth-order valence-corrected chi connectivity index (χ4v) is 21.0. The monoisotopic (exact) mass is 1610 g/mol. The minimum Gasteiger partial charge on any atom is -0.489 e. The molecule has 4 aliphatic carbocycles. The average molecular weight is 1610 g/mol. The first-order chi connectivity index (χ1) is 54.0. The van der Waals surface area contributed by atoms with Gasteiger partial charge in [0.15, 0.2) is 23.1 Å². The van der Waals surface area contributed by atoms with Crippen molar-refractivity contribution in [1.82, 2.24) is 29.2 Å². The number of ether oxygens (including phenoxy) is 6. The van der Waals surface area contributed by atoms with Gasteiger partial charge in [-0.25, -0.2) is 26.8 Å². The predicted octanol–water partition coefficient (Wildman–Crippen LogP) is 11.5. The molecule has 2 aromatic heterocycles. The van der Waals surface area contributed by atoms with E-state index in [-0.39, 0.29) is 111 Å². The molecule has 8 heterocycles. The third kappa shape index (κ3) is 18.7. The van der Waals surface area contributed by atoms with Crippen LogP contribution in [0.15, 0.2) is 73.1 Å². The Morgan fingerprint density at radius 1 is 0.544 bits per heavy atom. The van der Waals surface area contributed by atoms with Crippen molar-refractivity contribution in [2.45, 2.75) is 244 Å². The number of hydrogen-bond acceptors (Lipinski definition) is 22. The number of carbonyl (C=O) groups is 8. The number of aromatic nitrogens is 2. The number of fused-ring (bicyclic) bond motifs is 10. The standard InChI is InChI=1S/2C43H58N4O9S/c2*1-7-27-20-26(2)10-8-9-11-28-23-43(28,41(51)45-57(52,53)30-12-13-30)24-36(48)35-21-29(25-47(35)40(50)33(27)22-37(49)56-42(3,4)5)55-39-32-14-15-34-38(31(32)16-17-44-39)54-19-18-46(34)6/h2*9,11,14-17,26-30,33,35H,7-8,10,12-13,18-25H2,1-6H3,(H,45,51)/b2*11-9-/t26-,27+,28+,29+,33-,35-,43+;26-,27-,28-,29-,33+,35+,43-/m01/s1. The highest BCUT2D eigenvalue weighted by molar-refractivity contribution is 7.91. The van der Waals surface area contributed by atoms with Crippen LogP contribution in [-0.4, -0.2) is 183 Å². The van der Waals surface area contributed by atoms with Crippen LogP contribution in [0.1, 0.15) is 198 Å². The lowest BCUT2D eigenvalue weighted by atomic mass is 9.79. The van der Waals surface area contributed by atoms with Crippen LogP contribution in [0.2, 0.25) is 0 Å². The fourth-order valence-electron chi connectivity index (χ4n) is 18.2. The fraction of sp³-hybridized carbons (Fsp3) is 0.651. The highest BCUT2D eigenvalue weighted by Crippen LogP contribution is 2.59. The third-order valence-electron chi connectivity index (χ3n) is 25.0. The molecule has 2 N–H and O–H groups in total. The topological polar surface area (TPSA) is 323 Å². The maximum Gasteiger partial charge on any atom is 0.307 e. The quantitative estimate of drug-likeness (QED) is 0.0777. The summed E-state index contributed by atoms with van der Waals surface area (Å²) in [7, 11) is -3.69. The number of carbonyl (C=O) groups excluding carboxylic acids is 8. The normalized spacial score (nSPS) is 30.2. The number of allylic oxidation sites excluding steroid dienone is 4. The molecule has 2 saturated heterocycles. The van der Waals surface area contributed by atoms with E-state index in [1.807, 2.05) is 88.6 Å². The first kappa shape index (κ1) is 83.5. The molecule has 10 aliphatic rings. The van der Waals surface area contributed by atoms with Crippen LogP contribution in [-0.2, 0) is 67.9 Å². The average Bonchev–Trinajstić information content (AvgIpc) is 1.60. The zero-order valence-electron chi connectivity index (χ0n) is 68.2. The molecule has 6 aliphatic heterocycles. The number of Topliss-reactive ketones (excluding diaryl/α,β-unsaturated/α-hetero) is 2. The van der Waals surface area contributed by atoms with Crippen molar-refractivity contribution < 1.29 is 83.6 Å². The highest BCUT2D eigenvalue weighted by atomic mass is 32.2. The Hall–Kier alpha value is -8.40. The molecule has 26 nitrogen and oxygen atoms in total. The molecule has 0 unspecified atom stereocenters. The van der Waals surface area contributed by atoms with Crippen LogP contribution >= 0.6 is 0 Å². The molecule has 4 aromatic rings. The lowest BCUT2D eigenvalue weighted by Gasteiger charge is -2.33. The molecular formula is C86H116N8O18S2. The van der Waals surface area contributed by atoms with E-state index in [0.29, 0.717) is 89.2 Å². The molecule has 0 spiro atoms. The summed E-state index contributed by atoms with van der Waals surface area (Å²) in [4.78, 5) is 131. The van der Waals surface area contributed by atoms with Crippen LogP contribution in [0.25, 0.3) is 21.5 Å². The number of likely N-dealkylation sites (N-methyl/N-ethyl adjacent to an activating group) is 2. The van der Waals surface area contributed by atoms with Gasteiger partial charge in [-0.1, -0.05) is 64.8 Å². The van der Waals surface area contributed by atoms with Gasteiger partial charge in [-0.15, -0.1) is 0 Å². The van der Waals surface area contributed by atoms with Gasteiger partial charge in [0.05, 0.1) is 95.6 Å². The summed E-state index contributed by atoms with van der Waals surface area (Å²) in [6.07, 6.45) is 18.0. The van der Waals surface area contributed by atoms with Gasteiger partial charge in [0.2, 0.25) is 55.4 Å². The molecule has 6 fully saturated rings. The second kappa shape index (κ2) is 33.3. The van der Waals surface area contributed by atoms with Crippen molar-refractivity contribution in [2.24, 2.45) is 58.2 Å². The number of anilines is 2. The van der Waals surface area contributed by atoms with Gasteiger partial charge < -0.3 is 48.0 Å². The number of sulfonamides is 2. The first-order valence-corrected chi connectivity index (χ1v) is 44.5. The number of benzene rings is 2. The maximum absolute atomic E-state index is 15.1. The van der Waals surface area contributed by atoms with E-state index in [1.165, 1.54) is 0 Å². The van der Waals surface area contributed by atoms with Crippen LogP contribution in [0, 0.1) is 58.2 Å². The second-order valence-corrected chi connectivity index (χ2v) is 40.1. The third-order valence-corrected chi connectivity index (χ3v) is 28.7. The van der Waals surface area contributed by atoms with Gasteiger partial charge in [0, 0.05) is 73.7 Å². The van der Waals surface area contributed by atoms with Crippen LogP contribution in [0.3, 0.4) is 0 Å². The molecule has 14 atom stereocenters. The Kier molecular flexibility index (Phi) is 24.4. The van der Waals surface area contributed by atoms with Crippen LogP contribution in [0.5, 0.6) is 23.3 Å². The number of hydrogen-bond donors (Lipinski definition) is 2. The summed E-state index contributed by atoms with van der Waals surface area (Å²) in [5, 5.41) is 1.94. The largest absolute Gasteiger partial charge is 0.489 e. The SMILES string of the molecule is CC[C@@H]1C[C@@H](C)CC/C=C\[C@@H]2C[C@@]2(C(=O)NS(=O)(=O)C2CC2)CC(=O)[C@@H]2C[C@@H](Oc3nccc4c5c(ccc34)N(C)CCO5)CN2C(=O)[C@H]1CC(=O)OC(C)(C)C.CC[C@@H]1C[C@H](C)CC/C=C\[C@@H]2C[C@@]2(C(=O)NS(=O)(=O)C2CC2)CC(=O)[C@@H]2C[C@@H](Oc3nccc4c5c(ccc34)N(C)CCO5)CN2C(=O)[C@H]1CC(=O)OC(C)(C)C. The Labute approximate surface area is 670 Å². The molecular weight excluding hydrogens is 1500 g/mol. The Morgan fingerprint density at radius 3 is 1.29 bits per heavy atom. The van der Waals surface area contributed by atoms with Crippen molar-refractivity contribution in [2.75, 3.05) is 63.3 Å². The number of ketones is 2. The summed E-state index contributed by atoms with van der Waals surface area (Å²) in [6.45, 7) is 21.8. The van der Waals surface area contributed by atoms with Crippen molar-refractivity contribution >= 4 is 100 Å². The van der Waals surface area contributed by atoms with E-state index in [1.54, 1.807) is 63.7 Å². The summed E-state index contributed by atoms with van der Waals surface area (Å²) in [5.41, 5.74) is -2.08. The van der Waals surface area contributed by atoms with E-state index >= 15 is 9.59 Å². The first-order valence-electron chi connectivity index (χ1n) is 41.4. The number of amides is 4. The zero-order valence-corrected chi connectivity index (χ0v) is 69.9. The Balaban J connectivity index is 0.000000199. The Morgan fingerprint density at radius 2 is 0.930 bits per heavy atom. The summed E-state index contributed by atoms with van der Waals surface area (Å²) < 4.78 is 93.4. The predicted molar refractivity (Wildman–Crippen MR) is 430 cm³/mol. The number of nitrogens with one attached hydrogen (secondary N) is 2. The molecule has 114 heavy (non-hydrogen) atoms. The minimum atomic E-state index is -3.86. The lowest BCUT2D eigenvalue weighted by Crippen LogP contribution is -2.48. The smallest absolute Gasteiger partial charge is 0.307 e. The molecule has 14 rings (SSSR count). The summed E-state index contributed by atoms with van der Waals surface area (Å²) in [6, 6.07) is 9.64. The second-order valence-electron chi connectivity index (χ2n) is 36.1. The number of rotatable bonds is 16. The van der Waals surface area contributed by atoms with Crippen molar-refractivity contribution in [3.63, 3.8) is 0 Å². The van der Waals surface area contributed by atoms with Gasteiger partial charge in [0.1, 0.15) is 36.6 Å². The number of pyridine rings is 2. The molecule has 4 saturated carbocycles. The van der Waals surface area contributed by atoms with Gasteiger partial charge >= 0.3 is 11.9 Å². The van der Waals surface area contributed by atoms with E-state index in [4.69, 9.17) is 28.4 Å².